The summed E-state index contributed by atoms with van der Waals surface area (Å²) >= 11 is 0. The predicted molar refractivity (Wildman–Crippen MR) is 110 cm³/mol. The van der Waals surface area contributed by atoms with Gasteiger partial charge < -0.3 is 19.9 Å². The van der Waals surface area contributed by atoms with Crippen molar-refractivity contribution < 1.29 is 18.7 Å². The van der Waals surface area contributed by atoms with Crippen LogP contribution in [0.25, 0.3) is 0 Å². The van der Waals surface area contributed by atoms with Gasteiger partial charge in [0.15, 0.2) is 0 Å². The number of rotatable bonds is 4. The number of hydrogen-bond donors (Lipinski definition) is 1. The van der Waals surface area contributed by atoms with Crippen molar-refractivity contribution in [3.05, 3.63) is 41.5 Å². The zero-order valence-electron chi connectivity index (χ0n) is 17.0. The number of carbonyl (C=O) groups is 2. The zero-order valence-corrected chi connectivity index (χ0v) is 17.0. The van der Waals surface area contributed by atoms with E-state index in [0.29, 0.717) is 41.9 Å². The van der Waals surface area contributed by atoms with Crippen LogP contribution in [-0.2, 0) is 14.3 Å². The number of nitrogens with one attached hydrogen (secondary N) is 1. The topological polar surface area (TPSA) is 87.7 Å². The third-order valence-corrected chi connectivity index (χ3v) is 5.44. The molecule has 1 N–H and O–H groups in total. The summed E-state index contributed by atoms with van der Waals surface area (Å²) in [6.45, 7) is 6.65. The molecule has 0 saturated carbocycles. The second-order valence-electron chi connectivity index (χ2n) is 7.54. The molecule has 2 aliphatic heterocycles. The summed E-state index contributed by atoms with van der Waals surface area (Å²) < 4.78 is 18.5. The molecule has 3 heterocycles. The van der Waals surface area contributed by atoms with E-state index in [2.05, 4.69) is 20.2 Å². The van der Waals surface area contributed by atoms with Crippen LogP contribution in [0, 0.1) is 25.6 Å². The number of carbonyl (C=O) groups excluding carboxylic acids is 2. The molecule has 4 rings (SSSR count). The summed E-state index contributed by atoms with van der Waals surface area (Å²) in [6, 6.07) is 5.69. The molecule has 1 atom stereocenters. The second kappa shape index (κ2) is 8.35. The molecule has 2 aromatic rings. The minimum Gasteiger partial charge on any atom is -0.378 e. The fraction of sp³-hybridized carbons (Fsp3) is 0.429. The Balaban J connectivity index is 1.46. The molecule has 1 unspecified atom stereocenters. The smallest absolute Gasteiger partial charge is 0.229 e. The summed E-state index contributed by atoms with van der Waals surface area (Å²) in [5, 5.41) is 2.91. The molecule has 0 spiro atoms. The van der Waals surface area contributed by atoms with Gasteiger partial charge in [0.25, 0.3) is 0 Å². The minimum absolute atomic E-state index is 0.105. The standard InChI is InChI=1S/C21H24FN5O3/c1-13-19(14(2)24-21(23-13)26-7-9-30-10-8-26)25-20(29)15-11-18(28)27(12-15)17-5-3-16(22)4-6-17/h3-6,15H,7-12H2,1-2H3,(H,25,29). The Morgan fingerprint density at radius 3 is 2.40 bits per heavy atom. The van der Waals surface area contributed by atoms with Gasteiger partial charge >= 0.3 is 0 Å². The van der Waals surface area contributed by atoms with Crippen molar-refractivity contribution in [2.45, 2.75) is 20.3 Å². The summed E-state index contributed by atoms with van der Waals surface area (Å²) in [5.41, 5.74) is 2.51. The van der Waals surface area contributed by atoms with E-state index in [1.807, 2.05) is 13.8 Å². The fourth-order valence-electron chi connectivity index (χ4n) is 3.76. The SMILES string of the molecule is Cc1nc(N2CCOCC2)nc(C)c1NC(=O)C1CC(=O)N(c2ccc(F)cc2)C1. The Labute approximate surface area is 174 Å². The number of nitrogens with zero attached hydrogens (tertiary/aromatic N) is 4. The summed E-state index contributed by atoms with van der Waals surface area (Å²) in [6.07, 6.45) is 0.105. The summed E-state index contributed by atoms with van der Waals surface area (Å²) in [7, 11) is 0. The van der Waals surface area contributed by atoms with E-state index in [1.54, 1.807) is 12.1 Å². The Kier molecular flexibility index (Phi) is 5.63. The van der Waals surface area contributed by atoms with E-state index < -0.39 is 5.92 Å². The molecule has 9 heteroatoms. The van der Waals surface area contributed by atoms with Crippen LogP contribution < -0.4 is 15.1 Å². The Morgan fingerprint density at radius 2 is 1.77 bits per heavy atom. The van der Waals surface area contributed by atoms with Crippen LogP contribution in [0.4, 0.5) is 21.7 Å². The third-order valence-electron chi connectivity index (χ3n) is 5.44. The molecular weight excluding hydrogens is 389 g/mol. The molecule has 2 saturated heterocycles. The molecule has 30 heavy (non-hydrogen) atoms. The lowest BCUT2D eigenvalue weighted by Gasteiger charge is -2.27. The number of benzene rings is 1. The van der Waals surface area contributed by atoms with Crippen LogP contribution in [0.1, 0.15) is 17.8 Å². The van der Waals surface area contributed by atoms with E-state index >= 15 is 0 Å². The van der Waals surface area contributed by atoms with Crippen molar-refractivity contribution in [1.82, 2.24) is 9.97 Å². The van der Waals surface area contributed by atoms with Crippen LogP contribution in [0.15, 0.2) is 24.3 Å². The molecule has 2 amide bonds. The Bertz CT molecular complexity index is 937. The molecule has 1 aromatic heterocycles. The number of amides is 2. The first-order valence-electron chi connectivity index (χ1n) is 9.97. The van der Waals surface area contributed by atoms with E-state index in [-0.39, 0.29) is 30.6 Å². The quantitative estimate of drug-likeness (QED) is 0.826. The van der Waals surface area contributed by atoms with Crippen molar-refractivity contribution in [3.63, 3.8) is 0 Å². The van der Waals surface area contributed by atoms with Crippen molar-refractivity contribution in [2.24, 2.45) is 5.92 Å². The van der Waals surface area contributed by atoms with Gasteiger partial charge in [0.2, 0.25) is 17.8 Å². The van der Waals surface area contributed by atoms with Crippen LogP contribution in [0.2, 0.25) is 0 Å². The summed E-state index contributed by atoms with van der Waals surface area (Å²) in [4.78, 5) is 37.9. The minimum atomic E-state index is -0.500. The second-order valence-corrected chi connectivity index (χ2v) is 7.54. The maximum atomic E-state index is 13.2. The Hall–Kier alpha value is -3.07. The largest absolute Gasteiger partial charge is 0.378 e. The van der Waals surface area contributed by atoms with Gasteiger partial charge in [0, 0.05) is 31.7 Å². The molecule has 158 valence electrons. The van der Waals surface area contributed by atoms with Gasteiger partial charge in [0.1, 0.15) is 5.82 Å². The average molecular weight is 413 g/mol. The number of ether oxygens (including phenoxy) is 1. The highest BCUT2D eigenvalue weighted by Gasteiger charge is 2.35. The van der Waals surface area contributed by atoms with Crippen molar-refractivity contribution >= 4 is 29.1 Å². The number of morpholine rings is 1. The molecule has 0 radical (unpaired) electrons. The molecule has 1 aromatic carbocycles. The normalized spacial score (nSPS) is 19.3. The predicted octanol–water partition coefficient (Wildman–Crippen LogP) is 2.06. The lowest BCUT2D eigenvalue weighted by Crippen LogP contribution is -2.37. The number of halogens is 1. The van der Waals surface area contributed by atoms with Crippen molar-refractivity contribution in [2.75, 3.05) is 48.0 Å². The van der Waals surface area contributed by atoms with Crippen LogP contribution >= 0.6 is 0 Å². The zero-order chi connectivity index (χ0) is 21.3. The maximum Gasteiger partial charge on any atom is 0.229 e. The van der Waals surface area contributed by atoms with E-state index in [0.717, 1.165) is 13.1 Å². The number of aryl methyl sites for hydroxylation is 2. The molecule has 8 nitrogen and oxygen atoms in total. The van der Waals surface area contributed by atoms with Gasteiger partial charge in [0.05, 0.1) is 36.2 Å². The van der Waals surface area contributed by atoms with Crippen LogP contribution in [0.3, 0.4) is 0 Å². The van der Waals surface area contributed by atoms with Crippen molar-refractivity contribution in [1.29, 1.82) is 0 Å². The lowest BCUT2D eigenvalue weighted by atomic mass is 10.1. The van der Waals surface area contributed by atoms with Crippen LogP contribution in [0.5, 0.6) is 0 Å². The molecule has 2 fully saturated rings. The first kappa shape index (κ1) is 20.2. The van der Waals surface area contributed by atoms with Crippen LogP contribution in [-0.4, -0.2) is 54.6 Å². The lowest BCUT2D eigenvalue weighted by molar-refractivity contribution is -0.122. The number of anilines is 3. The first-order valence-corrected chi connectivity index (χ1v) is 9.97. The molecular formula is C21H24FN5O3. The highest BCUT2D eigenvalue weighted by molar-refractivity contribution is 6.03. The Morgan fingerprint density at radius 1 is 1.13 bits per heavy atom. The number of hydrogen-bond acceptors (Lipinski definition) is 6. The van der Waals surface area contributed by atoms with Gasteiger partial charge in [-0.05, 0) is 38.1 Å². The van der Waals surface area contributed by atoms with Gasteiger partial charge in [-0.1, -0.05) is 0 Å². The van der Waals surface area contributed by atoms with E-state index in [9.17, 15) is 14.0 Å². The maximum absolute atomic E-state index is 13.2. The van der Waals surface area contributed by atoms with E-state index in [1.165, 1.54) is 17.0 Å². The van der Waals surface area contributed by atoms with Crippen molar-refractivity contribution in [3.8, 4) is 0 Å². The molecule has 0 aliphatic carbocycles. The summed E-state index contributed by atoms with van der Waals surface area (Å²) in [5.74, 6) is -0.646. The monoisotopic (exact) mass is 413 g/mol. The number of aromatic nitrogens is 2. The fourth-order valence-corrected chi connectivity index (χ4v) is 3.76. The molecule has 0 bridgehead atoms. The highest BCUT2D eigenvalue weighted by atomic mass is 19.1. The van der Waals surface area contributed by atoms with Gasteiger partial charge in [-0.15, -0.1) is 0 Å². The van der Waals surface area contributed by atoms with Gasteiger partial charge in [-0.2, -0.15) is 0 Å². The molecule has 2 aliphatic rings. The highest BCUT2D eigenvalue weighted by Crippen LogP contribution is 2.27. The van der Waals surface area contributed by atoms with Gasteiger partial charge in [-0.25, -0.2) is 14.4 Å². The average Bonchev–Trinajstić information content (AvgIpc) is 3.13. The van der Waals surface area contributed by atoms with E-state index in [4.69, 9.17) is 4.74 Å². The first-order chi connectivity index (χ1) is 14.4. The van der Waals surface area contributed by atoms with Gasteiger partial charge in [-0.3, -0.25) is 9.59 Å². The third kappa shape index (κ3) is 4.11.